The first-order valence-electron chi connectivity index (χ1n) is 6.75. The maximum absolute atomic E-state index is 11.8. The summed E-state index contributed by atoms with van der Waals surface area (Å²) in [5.41, 5.74) is 7.43. The Bertz CT molecular complexity index is 650. The van der Waals surface area contributed by atoms with Crippen molar-refractivity contribution in [3.05, 3.63) is 24.4 Å². The molecule has 1 aliphatic rings. The number of nitrogens with zero attached hydrogens (tertiary/aromatic N) is 3. The Labute approximate surface area is 117 Å². The lowest BCUT2D eigenvalue weighted by Crippen LogP contribution is -2.27. The number of rotatable bonds is 3. The Hall–Kier alpha value is -2.08. The van der Waals surface area contributed by atoms with Crippen LogP contribution in [0.4, 0.5) is 10.5 Å². The number of fused-ring (bicyclic) bond motifs is 1. The lowest BCUT2D eigenvalue weighted by molar-refractivity contribution is 0.145. The van der Waals surface area contributed by atoms with Crippen LogP contribution in [0.2, 0.25) is 0 Å². The third-order valence-electron chi connectivity index (χ3n) is 3.52. The maximum atomic E-state index is 11.8. The molecule has 1 aliphatic heterocycles. The molecular formula is C14H18N4O2. The van der Waals surface area contributed by atoms with Gasteiger partial charge in [0.2, 0.25) is 0 Å². The van der Waals surface area contributed by atoms with Crippen LogP contribution in [0.3, 0.4) is 0 Å². The van der Waals surface area contributed by atoms with Crippen molar-refractivity contribution in [2.75, 3.05) is 18.0 Å². The molecule has 1 unspecified atom stereocenters. The Morgan fingerprint density at radius 1 is 1.50 bits per heavy atom. The van der Waals surface area contributed by atoms with Crippen molar-refractivity contribution >= 4 is 22.7 Å². The van der Waals surface area contributed by atoms with Crippen LogP contribution >= 0.6 is 0 Å². The van der Waals surface area contributed by atoms with Gasteiger partial charge in [-0.15, -0.1) is 0 Å². The lowest BCUT2D eigenvalue weighted by Gasteiger charge is -2.13. The van der Waals surface area contributed by atoms with Gasteiger partial charge < -0.3 is 10.5 Å². The first-order valence-corrected chi connectivity index (χ1v) is 6.75. The molecule has 2 aromatic rings. The second-order valence-corrected chi connectivity index (χ2v) is 5.28. The van der Waals surface area contributed by atoms with Gasteiger partial charge in [0.1, 0.15) is 6.10 Å². The molecule has 1 fully saturated rings. The zero-order chi connectivity index (χ0) is 14.3. The van der Waals surface area contributed by atoms with Crippen LogP contribution in [0.15, 0.2) is 24.4 Å². The molecule has 3 rings (SSSR count). The fourth-order valence-electron chi connectivity index (χ4n) is 2.48. The van der Waals surface area contributed by atoms with Gasteiger partial charge in [-0.3, -0.25) is 9.58 Å². The summed E-state index contributed by atoms with van der Waals surface area (Å²) in [5.74, 6) is 0. The van der Waals surface area contributed by atoms with Crippen molar-refractivity contribution in [1.82, 2.24) is 9.78 Å². The quantitative estimate of drug-likeness (QED) is 0.927. The topological polar surface area (TPSA) is 73.4 Å². The summed E-state index contributed by atoms with van der Waals surface area (Å²) in [6.07, 6.45) is 1.26. The number of cyclic esters (lactones) is 1. The van der Waals surface area contributed by atoms with Crippen molar-refractivity contribution in [1.29, 1.82) is 0 Å². The molecule has 2 N–H and O–H groups in total. The summed E-state index contributed by atoms with van der Waals surface area (Å²) in [6, 6.07) is 6.17. The number of hydrogen-bond donors (Lipinski definition) is 1. The summed E-state index contributed by atoms with van der Waals surface area (Å²) in [5, 5.41) is 5.39. The summed E-state index contributed by atoms with van der Waals surface area (Å²) in [4.78, 5) is 13.4. The number of benzene rings is 1. The van der Waals surface area contributed by atoms with E-state index in [0.29, 0.717) is 19.1 Å². The van der Waals surface area contributed by atoms with Gasteiger partial charge >= 0.3 is 6.09 Å². The van der Waals surface area contributed by atoms with E-state index in [4.69, 9.17) is 10.5 Å². The van der Waals surface area contributed by atoms with Crippen LogP contribution in [0, 0.1) is 0 Å². The zero-order valence-electron chi connectivity index (χ0n) is 11.6. The van der Waals surface area contributed by atoms with Crippen molar-refractivity contribution < 1.29 is 9.53 Å². The molecule has 0 saturated carbocycles. The minimum atomic E-state index is -0.337. The highest BCUT2D eigenvalue weighted by Crippen LogP contribution is 2.26. The molecule has 1 aromatic heterocycles. The minimum Gasteiger partial charge on any atom is -0.443 e. The number of nitrogens with two attached hydrogens (primary N) is 1. The summed E-state index contributed by atoms with van der Waals surface area (Å²) < 4.78 is 7.14. The molecule has 1 aromatic carbocycles. The number of anilines is 1. The largest absolute Gasteiger partial charge is 0.443 e. The van der Waals surface area contributed by atoms with E-state index in [0.717, 1.165) is 16.6 Å². The Kier molecular flexibility index (Phi) is 3.10. The molecule has 0 aliphatic carbocycles. The van der Waals surface area contributed by atoms with Crippen LogP contribution < -0.4 is 10.6 Å². The number of aromatic nitrogens is 2. The minimum absolute atomic E-state index is 0.225. The molecule has 1 amide bonds. The van der Waals surface area contributed by atoms with Gasteiger partial charge in [0, 0.05) is 23.7 Å². The molecular weight excluding hydrogens is 256 g/mol. The lowest BCUT2D eigenvalue weighted by atomic mass is 10.2. The van der Waals surface area contributed by atoms with E-state index in [9.17, 15) is 4.79 Å². The van der Waals surface area contributed by atoms with Crippen LogP contribution in [0.25, 0.3) is 10.9 Å². The van der Waals surface area contributed by atoms with Crippen LogP contribution in [-0.4, -0.2) is 35.1 Å². The first-order chi connectivity index (χ1) is 9.60. The van der Waals surface area contributed by atoms with E-state index in [1.54, 1.807) is 4.90 Å². The van der Waals surface area contributed by atoms with Gasteiger partial charge in [-0.05, 0) is 32.0 Å². The fourth-order valence-corrected chi connectivity index (χ4v) is 2.48. The molecule has 2 heterocycles. The molecule has 20 heavy (non-hydrogen) atoms. The third kappa shape index (κ3) is 2.02. The monoisotopic (exact) mass is 274 g/mol. The van der Waals surface area contributed by atoms with Gasteiger partial charge in [0.15, 0.2) is 0 Å². The molecule has 1 saturated heterocycles. The standard InChI is InChI=1S/C14H18N4O2/c1-9(2)18-13-4-3-11(5-10(13)7-16-18)17-8-12(6-15)20-14(17)19/h3-5,7,9,12H,6,8,15H2,1-2H3. The predicted molar refractivity (Wildman–Crippen MR) is 76.8 cm³/mol. The second-order valence-electron chi connectivity index (χ2n) is 5.28. The maximum Gasteiger partial charge on any atom is 0.414 e. The average molecular weight is 274 g/mol. The smallest absolute Gasteiger partial charge is 0.414 e. The summed E-state index contributed by atoms with van der Waals surface area (Å²) in [7, 11) is 0. The van der Waals surface area contributed by atoms with Crippen molar-refractivity contribution in [2.45, 2.75) is 26.0 Å². The molecule has 0 radical (unpaired) electrons. The van der Waals surface area contributed by atoms with Gasteiger partial charge in [-0.25, -0.2) is 4.79 Å². The van der Waals surface area contributed by atoms with E-state index in [1.807, 2.05) is 29.1 Å². The Balaban J connectivity index is 1.96. The highest BCUT2D eigenvalue weighted by molar-refractivity contribution is 5.93. The zero-order valence-corrected chi connectivity index (χ0v) is 11.6. The SMILES string of the molecule is CC(C)n1ncc2cc(N3CC(CN)OC3=O)ccc21. The molecule has 6 heteroatoms. The molecule has 1 atom stereocenters. The third-order valence-corrected chi connectivity index (χ3v) is 3.52. The summed E-state index contributed by atoms with van der Waals surface area (Å²) >= 11 is 0. The average Bonchev–Trinajstić information content (AvgIpc) is 3.01. The number of carbonyl (C=O) groups is 1. The van der Waals surface area contributed by atoms with E-state index in [-0.39, 0.29) is 12.2 Å². The van der Waals surface area contributed by atoms with E-state index < -0.39 is 0 Å². The van der Waals surface area contributed by atoms with E-state index in [2.05, 4.69) is 18.9 Å². The normalized spacial score (nSPS) is 19.1. The second kappa shape index (κ2) is 4.79. The number of carbonyl (C=O) groups excluding carboxylic acids is 1. The van der Waals surface area contributed by atoms with E-state index in [1.165, 1.54) is 0 Å². The molecule has 0 spiro atoms. The Morgan fingerprint density at radius 3 is 2.95 bits per heavy atom. The van der Waals surface area contributed by atoms with Gasteiger partial charge in [-0.2, -0.15) is 5.10 Å². The Morgan fingerprint density at radius 2 is 2.30 bits per heavy atom. The van der Waals surface area contributed by atoms with Crippen molar-refractivity contribution in [2.24, 2.45) is 5.73 Å². The van der Waals surface area contributed by atoms with Crippen LogP contribution in [0.1, 0.15) is 19.9 Å². The van der Waals surface area contributed by atoms with E-state index >= 15 is 0 Å². The summed E-state index contributed by atoms with van der Waals surface area (Å²) in [6.45, 7) is 5.02. The van der Waals surface area contributed by atoms with Crippen LogP contribution in [-0.2, 0) is 4.74 Å². The fraction of sp³-hybridized carbons (Fsp3) is 0.429. The van der Waals surface area contributed by atoms with Gasteiger partial charge in [0.25, 0.3) is 0 Å². The van der Waals surface area contributed by atoms with Crippen LogP contribution in [0.5, 0.6) is 0 Å². The highest BCUT2D eigenvalue weighted by Gasteiger charge is 2.31. The number of hydrogen-bond acceptors (Lipinski definition) is 4. The first kappa shape index (κ1) is 12.9. The predicted octanol–water partition coefficient (Wildman–Crippen LogP) is 1.90. The van der Waals surface area contributed by atoms with Crippen molar-refractivity contribution in [3.63, 3.8) is 0 Å². The molecule has 106 valence electrons. The van der Waals surface area contributed by atoms with Gasteiger partial charge in [-0.1, -0.05) is 0 Å². The number of amides is 1. The number of ether oxygens (including phenoxy) is 1. The van der Waals surface area contributed by atoms with Gasteiger partial charge in [0.05, 0.1) is 18.3 Å². The highest BCUT2D eigenvalue weighted by atomic mass is 16.6. The van der Waals surface area contributed by atoms with Crippen molar-refractivity contribution in [3.8, 4) is 0 Å². The molecule has 6 nitrogen and oxygen atoms in total. The molecule has 0 bridgehead atoms.